The molecule has 0 rings (SSSR count). The van der Waals surface area contributed by atoms with Crippen LogP contribution in [-0.4, -0.2) is 47.4 Å². The Kier molecular flexibility index (Phi) is 61.5. The van der Waals surface area contributed by atoms with Crippen LogP contribution in [0.1, 0.15) is 348 Å². The van der Waals surface area contributed by atoms with Gasteiger partial charge in [-0.3, -0.25) is 9.59 Å². The maximum atomic E-state index is 12.5. The Balaban J connectivity index is 3.41. The Bertz CT molecular complexity index is 1240. The van der Waals surface area contributed by atoms with Crippen molar-refractivity contribution in [3.63, 3.8) is 0 Å². The van der Waals surface area contributed by atoms with Crippen molar-refractivity contribution in [2.75, 3.05) is 13.2 Å². The molecular formula is C68H127NO5. The van der Waals surface area contributed by atoms with Gasteiger partial charge in [0.25, 0.3) is 0 Å². The van der Waals surface area contributed by atoms with Crippen LogP contribution in [0.5, 0.6) is 0 Å². The summed E-state index contributed by atoms with van der Waals surface area (Å²) in [5.41, 5.74) is 0. The Morgan fingerprint density at radius 3 is 1.05 bits per heavy atom. The summed E-state index contributed by atoms with van der Waals surface area (Å²) in [6.07, 6.45) is 81.6. The van der Waals surface area contributed by atoms with Crippen LogP contribution in [0.4, 0.5) is 0 Å². The third-order valence-corrected chi connectivity index (χ3v) is 15.1. The predicted octanol–water partition coefficient (Wildman–Crippen LogP) is 20.9. The third kappa shape index (κ3) is 59.1. The van der Waals surface area contributed by atoms with Crippen LogP contribution in [0.25, 0.3) is 0 Å². The number of hydrogen-bond donors (Lipinski definition) is 3. The number of rotatable bonds is 61. The molecule has 0 aromatic heterocycles. The largest absolute Gasteiger partial charge is 0.466 e. The van der Waals surface area contributed by atoms with Crippen molar-refractivity contribution in [1.29, 1.82) is 0 Å². The number of carbonyl (C=O) groups is 2. The van der Waals surface area contributed by atoms with E-state index < -0.39 is 12.1 Å². The zero-order valence-corrected chi connectivity index (χ0v) is 49.6. The Morgan fingerprint density at radius 2 is 0.676 bits per heavy atom. The SMILES string of the molecule is CCCCCC/C=C\C/C=C\CCCCCCCC(=O)OCCCCCCCCCCCCCC/C=C\CCCCCCCCCCCCC(=O)NC(CO)C(O)/C=C/CCCCCCCCCCCCCCC. The van der Waals surface area contributed by atoms with Gasteiger partial charge in [0, 0.05) is 12.8 Å². The molecule has 0 aliphatic rings. The molecule has 434 valence electrons. The predicted molar refractivity (Wildman–Crippen MR) is 324 cm³/mol. The van der Waals surface area contributed by atoms with Gasteiger partial charge >= 0.3 is 5.97 Å². The topological polar surface area (TPSA) is 95.9 Å². The molecule has 2 unspecified atom stereocenters. The number of carbonyl (C=O) groups excluding carboxylic acids is 2. The van der Waals surface area contributed by atoms with E-state index in [4.69, 9.17) is 4.74 Å². The van der Waals surface area contributed by atoms with Gasteiger partial charge in [0.05, 0.1) is 25.4 Å². The summed E-state index contributed by atoms with van der Waals surface area (Å²) in [6.45, 7) is 4.89. The summed E-state index contributed by atoms with van der Waals surface area (Å²) in [4.78, 5) is 24.5. The lowest BCUT2D eigenvalue weighted by atomic mass is 10.0. The van der Waals surface area contributed by atoms with Gasteiger partial charge in [0.2, 0.25) is 5.91 Å². The number of hydrogen-bond acceptors (Lipinski definition) is 5. The molecule has 0 radical (unpaired) electrons. The van der Waals surface area contributed by atoms with Crippen molar-refractivity contribution in [3.05, 3.63) is 48.6 Å². The highest BCUT2D eigenvalue weighted by atomic mass is 16.5. The van der Waals surface area contributed by atoms with Crippen molar-refractivity contribution < 1.29 is 24.5 Å². The lowest BCUT2D eigenvalue weighted by Crippen LogP contribution is -2.45. The van der Waals surface area contributed by atoms with Gasteiger partial charge in [0.15, 0.2) is 0 Å². The summed E-state index contributed by atoms with van der Waals surface area (Å²) in [7, 11) is 0. The monoisotopic (exact) mass is 1040 g/mol. The number of unbranched alkanes of at least 4 members (excludes halogenated alkanes) is 44. The molecule has 0 heterocycles. The van der Waals surface area contributed by atoms with E-state index in [2.05, 4.69) is 55.6 Å². The summed E-state index contributed by atoms with van der Waals surface area (Å²) in [5.74, 6) is -0.0686. The standard InChI is InChI=1S/C68H127NO5/c1-3-5-7-9-11-13-15-17-19-34-38-42-46-50-54-58-62-68(73)74-63-59-55-51-47-43-39-35-31-29-27-25-23-21-20-22-24-26-28-30-33-37-41-45-49-53-57-61-67(72)69-65(64-70)66(71)60-56-52-48-44-40-36-32-18-16-14-12-10-8-6-4-2/h13,15,19-20,22,34,56,60,65-66,70-71H,3-12,14,16-18,21,23-33,35-55,57-59,61-64H2,1-2H3,(H,69,72)/b15-13-,22-20-,34-19-,60-56+. The molecular weight excluding hydrogens is 911 g/mol. The molecule has 6 nitrogen and oxygen atoms in total. The molecule has 0 aromatic carbocycles. The normalized spacial score (nSPS) is 12.9. The first-order valence-electron chi connectivity index (χ1n) is 32.9. The Morgan fingerprint density at radius 1 is 0.378 bits per heavy atom. The molecule has 0 spiro atoms. The highest BCUT2D eigenvalue weighted by molar-refractivity contribution is 5.76. The number of allylic oxidation sites excluding steroid dienone is 7. The minimum Gasteiger partial charge on any atom is -0.466 e. The second-order valence-electron chi connectivity index (χ2n) is 22.4. The van der Waals surface area contributed by atoms with Gasteiger partial charge in [-0.2, -0.15) is 0 Å². The number of amides is 1. The fourth-order valence-corrected chi connectivity index (χ4v) is 10.0. The van der Waals surface area contributed by atoms with Crippen molar-refractivity contribution in [1.82, 2.24) is 5.32 Å². The van der Waals surface area contributed by atoms with Gasteiger partial charge in [-0.05, 0) is 89.9 Å². The molecule has 2 atom stereocenters. The smallest absolute Gasteiger partial charge is 0.305 e. The average molecular weight is 1040 g/mol. The van der Waals surface area contributed by atoms with Crippen LogP contribution in [0.15, 0.2) is 48.6 Å². The first-order chi connectivity index (χ1) is 36.5. The van der Waals surface area contributed by atoms with E-state index in [-0.39, 0.29) is 18.5 Å². The van der Waals surface area contributed by atoms with Crippen LogP contribution >= 0.6 is 0 Å². The van der Waals surface area contributed by atoms with Gasteiger partial charge in [-0.25, -0.2) is 0 Å². The molecule has 6 heteroatoms. The zero-order chi connectivity index (χ0) is 53.6. The molecule has 0 fully saturated rings. The van der Waals surface area contributed by atoms with Crippen LogP contribution in [0.2, 0.25) is 0 Å². The summed E-state index contributed by atoms with van der Waals surface area (Å²) in [6, 6.07) is -0.630. The number of aliphatic hydroxyl groups excluding tert-OH is 2. The van der Waals surface area contributed by atoms with Gasteiger partial charge < -0.3 is 20.3 Å². The van der Waals surface area contributed by atoms with Crippen molar-refractivity contribution in [2.45, 2.75) is 360 Å². The van der Waals surface area contributed by atoms with Crippen LogP contribution < -0.4 is 5.32 Å². The fraction of sp³-hybridized carbons (Fsp3) is 0.853. The molecule has 1 amide bonds. The molecule has 0 aliphatic heterocycles. The highest BCUT2D eigenvalue weighted by Crippen LogP contribution is 2.17. The highest BCUT2D eigenvalue weighted by Gasteiger charge is 2.18. The van der Waals surface area contributed by atoms with E-state index in [0.717, 1.165) is 51.4 Å². The number of ether oxygens (including phenoxy) is 1. The van der Waals surface area contributed by atoms with E-state index in [1.54, 1.807) is 6.08 Å². The van der Waals surface area contributed by atoms with Crippen molar-refractivity contribution in [3.8, 4) is 0 Å². The minimum absolute atomic E-state index is 0.000290. The average Bonchev–Trinajstić information content (AvgIpc) is 3.40. The molecule has 0 bridgehead atoms. The molecule has 0 saturated heterocycles. The van der Waals surface area contributed by atoms with Gasteiger partial charge in [-0.1, -0.05) is 294 Å². The van der Waals surface area contributed by atoms with E-state index in [9.17, 15) is 19.8 Å². The maximum absolute atomic E-state index is 12.5. The van der Waals surface area contributed by atoms with E-state index in [1.165, 1.54) is 270 Å². The van der Waals surface area contributed by atoms with Crippen LogP contribution in [0, 0.1) is 0 Å². The van der Waals surface area contributed by atoms with Gasteiger partial charge in [-0.15, -0.1) is 0 Å². The Labute approximate surface area is 461 Å². The van der Waals surface area contributed by atoms with Crippen LogP contribution in [-0.2, 0) is 14.3 Å². The minimum atomic E-state index is -0.846. The van der Waals surface area contributed by atoms with E-state index in [1.807, 2.05) is 6.08 Å². The number of nitrogens with one attached hydrogen (secondary N) is 1. The van der Waals surface area contributed by atoms with E-state index >= 15 is 0 Å². The van der Waals surface area contributed by atoms with Gasteiger partial charge in [0.1, 0.15) is 0 Å². The molecule has 0 aromatic rings. The second-order valence-corrected chi connectivity index (χ2v) is 22.4. The van der Waals surface area contributed by atoms with Crippen molar-refractivity contribution >= 4 is 11.9 Å². The Hall–Kier alpha value is -2.18. The number of aliphatic hydroxyl groups is 2. The molecule has 3 N–H and O–H groups in total. The lowest BCUT2D eigenvalue weighted by molar-refractivity contribution is -0.143. The summed E-state index contributed by atoms with van der Waals surface area (Å²) < 4.78 is 5.48. The second kappa shape index (κ2) is 63.4. The van der Waals surface area contributed by atoms with Crippen LogP contribution in [0.3, 0.4) is 0 Å². The first-order valence-corrected chi connectivity index (χ1v) is 32.9. The first kappa shape index (κ1) is 71.8. The third-order valence-electron chi connectivity index (χ3n) is 15.1. The summed E-state index contributed by atoms with van der Waals surface area (Å²) in [5, 5.41) is 23.1. The lowest BCUT2D eigenvalue weighted by Gasteiger charge is -2.20. The fourth-order valence-electron chi connectivity index (χ4n) is 10.0. The van der Waals surface area contributed by atoms with Crippen molar-refractivity contribution in [2.24, 2.45) is 0 Å². The number of esters is 1. The molecule has 0 aliphatic carbocycles. The molecule has 74 heavy (non-hydrogen) atoms. The van der Waals surface area contributed by atoms with E-state index in [0.29, 0.717) is 19.4 Å². The summed E-state index contributed by atoms with van der Waals surface area (Å²) >= 11 is 0. The quantitative estimate of drug-likeness (QED) is 0.0320. The molecule has 0 saturated carbocycles. The zero-order valence-electron chi connectivity index (χ0n) is 49.6. The maximum Gasteiger partial charge on any atom is 0.305 e.